The van der Waals surface area contributed by atoms with Crippen molar-refractivity contribution < 1.29 is 4.48 Å². The molecular weight excluding hydrogens is 194 g/mol. The van der Waals surface area contributed by atoms with E-state index in [4.69, 9.17) is 0 Å². The number of quaternary nitrogens is 1. The van der Waals surface area contributed by atoms with E-state index in [1.54, 1.807) is 0 Å². The third kappa shape index (κ3) is 2.03. The molecule has 0 bridgehead atoms. The highest BCUT2D eigenvalue weighted by Gasteiger charge is 2.45. The Kier molecular flexibility index (Phi) is 3.63. The monoisotopic (exact) mass is 224 g/mol. The summed E-state index contributed by atoms with van der Waals surface area (Å²) in [6.45, 7) is 12.9. The Morgan fingerprint density at radius 3 is 2.06 bits per heavy atom. The van der Waals surface area contributed by atoms with Crippen LogP contribution in [-0.2, 0) is 0 Å². The zero-order valence-electron chi connectivity index (χ0n) is 11.7. The van der Waals surface area contributed by atoms with Gasteiger partial charge in [-0.3, -0.25) is 0 Å². The van der Waals surface area contributed by atoms with Crippen LogP contribution in [0.3, 0.4) is 0 Å². The van der Waals surface area contributed by atoms with Gasteiger partial charge in [0.25, 0.3) is 0 Å². The fourth-order valence-corrected chi connectivity index (χ4v) is 4.58. The molecule has 0 N–H and O–H groups in total. The first-order valence-electron chi connectivity index (χ1n) is 7.42. The Balaban J connectivity index is 2.24. The number of rotatable bonds is 0. The van der Waals surface area contributed by atoms with Gasteiger partial charge in [-0.15, -0.1) is 0 Å². The van der Waals surface area contributed by atoms with Crippen LogP contribution in [0.15, 0.2) is 0 Å². The van der Waals surface area contributed by atoms with E-state index in [1.165, 1.54) is 49.7 Å². The lowest BCUT2D eigenvalue weighted by Crippen LogP contribution is -2.62. The Bertz CT molecular complexity index is 230. The molecule has 2 rings (SSSR count). The highest BCUT2D eigenvalue weighted by Crippen LogP contribution is 2.38. The van der Waals surface area contributed by atoms with Crippen molar-refractivity contribution in [3.8, 4) is 0 Å². The lowest BCUT2D eigenvalue weighted by Gasteiger charge is -2.51. The van der Waals surface area contributed by atoms with Crippen molar-refractivity contribution in [2.24, 2.45) is 11.8 Å². The van der Waals surface area contributed by atoms with E-state index in [2.05, 4.69) is 27.7 Å². The van der Waals surface area contributed by atoms with Crippen molar-refractivity contribution >= 4 is 0 Å². The van der Waals surface area contributed by atoms with E-state index >= 15 is 0 Å². The molecule has 1 nitrogen and oxygen atoms in total. The van der Waals surface area contributed by atoms with Crippen LogP contribution in [0.2, 0.25) is 0 Å². The van der Waals surface area contributed by atoms with Gasteiger partial charge in [0.1, 0.15) is 0 Å². The van der Waals surface area contributed by atoms with E-state index in [0.717, 1.165) is 23.9 Å². The fourth-order valence-electron chi connectivity index (χ4n) is 4.58. The molecule has 1 heteroatoms. The summed E-state index contributed by atoms with van der Waals surface area (Å²) in [4.78, 5) is 0. The van der Waals surface area contributed by atoms with Gasteiger partial charge in [-0.25, -0.2) is 0 Å². The number of piperidine rings is 1. The van der Waals surface area contributed by atoms with Crippen LogP contribution in [0.1, 0.15) is 59.8 Å². The smallest absolute Gasteiger partial charge is 0.0889 e. The molecule has 0 saturated carbocycles. The molecule has 0 aromatic rings. The molecule has 2 fully saturated rings. The first-order valence-corrected chi connectivity index (χ1v) is 7.42. The minimum Gasteiger partial charge on any atom is -0.319 e. The molecule has 0 aliphatic carbocycles. The Morgan fingerprint density at radius 1 is 0.812 bits per heavy atom. The quantitative estimate of drug-likeness (QED) is 0.549. The molecule has 0 aromatic carbocycles. The van der Waals surface area contributed by atoms with Crippen LogP contribution >= 0.6 is 0 Å². The maximum atomic E-state index is 2.53. The van der Waals surface area contributed by atoms with E-state index in [0.29, 0.717) is 0 Å². The van der Waals surface area contributed by atoms with E-state index in [9.17, 15) is 0 Å². The number of nitrogens with zero attached hydrogens (tertiary/aromatic N) is 1. The Labute approximate surface area is 102 Å². The summed E-state index contributed by atoms with van der Waals surface area (Å²) in [6, 6.07) is 1.79. The van der Waals surface area contributed by atoms with Crippen molar-refractivity contribution in [1.82, 2.24) is 0 Å². The molecule has 0 radical (unpaired) electrons. The summed E-state index contributed by atoms with van der Waals surface area (Å²) < 4.78 is 1.45. The van der Waals surface area contributed by atoms with Gasteiger partial charge in [0.2, 0.25) is 0 Å². The molecule has 2 aliphatic rings. The molecule has 2 saturated heterocycles. The Hall–Kier alpha value is -0.0400. The third-order valence-electron chi connectivity index (χ3n) is 5.68. The van der Waals surface area contributed by atoms with Gasteiger partial charge < -0.3 is 4.48 Å². The zero-order chi connectivity index (χ0) is 11.8. The summed E-state index contributed by atoms with van der Waals surface area (Å²) in [7, 11) is 0. The molecule has 0 aromatic heterocycles. The average molecular weight is 224 g/mol. The fraction of sp³-hybridized carbons (Fsp3) is 1.00. The van der Waals surface area contributed by atoms with Gasteiger partial charge in [0, 0.05) is 12.3 Å². The van der Waals surface area contributed by atoms with Crippen LogP contribution in [0, 0.1) is 11.8 Å². The molecule has 1 spiro atoms. The minimum atomic E-state index is 0.889. The summed E-state index contributed by atoms with van der Waals surface area (Å²) >= 11 is 0. The van der Waals surface area contributed by atoms with Crippen LogP contribution < -0.4 is 0 Å². The SMILES string of the molecule is CC1CC(C)C(C)[N+]2(CCCCC2)C(C)C1. The summed E-state index contributed by atoms with van der Waals surface area (Å²) in [5.41, 5.74) is 0. The predicted octanol–water partition coefficient (Wildman–Crippen LogP) is 3.83. The van der Waals surface area contributed by atoms with Crippen LogP contribution in [0.4, 0.5) is 0 Å². The van der Waals surface area contributed by atoms with Gasteiger partial charge in [-0.05, 0) is 45.4 Å². The van der Waals surface area contributed by atoms with E-state index in [1.807, 2.05) is 0 Å². The first-order chi connectivity index (χ1) is 7.56. The largest absolute Gasteiger partial charge is 0.319 e. The maximum Gasteiger partial charge on any atom is 0.0889 e. The molecule has 4 unspecified atom stereocenters. The molecule has 4 atom stereocenters. The van der Waals surface area contributed by atoms with Crippen molar-refractivity contribution in [3.05, 3.63) is 0 Å². The highest BCUT2D eigenvalue weighted by molar-refractivity contribution is 4.77. The lowest BCUT2D eigenvalue weighted by atomic mass is 9.91. The second kappa shape index (κ2) is 4.68. The minimum absolute atomic E-state index is 0.889. The highest BCUT2D eigenvalue weighted by atomic mass is 15.4. The van der Waals surface area contributed by atoms with Gasteiger partial charge in [-0.1, -0.05) is 13.8 Å². The van der Waals surface area contributed by atoms with Crippen LogP contribution in [0.5, 0.6) is 0 Å². The van der Waals surface area contributed by atoms with Gasteiger partial charge in [0.05, 0.1) is 25.2 Å². The number of hydrogen-bond acceptors (Lipinski definition) is 0. The topological polar surface area (TPSA) is 0 Å². The normalized spacial score (nSPS) is 44.2. The molecule has 0 amide bonds. The summed E-state index contributed by atoms with van der Waals surface area (Å²) in [5, 5.41) is 0. The van der Waals surface area contributed by atoms with E-state index in [-0.39, 0.29) is 0 Å². The standard InChI is InChI=1S/C15H30N/c1-12-10-13(2)15(4)16(14(3)11-12)8-6-5-7-9-16/h12-15H,5-11H2,1-4H3/q+1. The molecule has 2 heterocycles. The first kappa shape index (κ1) is 12.4. The van der Waals surface area contributed by atoms with Crippen molar-refractivity contribution in [2.45, 2.75) is 71.9 Å². The second-order valence-electron chi connectivity index (χ2n) is 6.75. The summed E-state index contributed by atoms with van der Waals surface area (Å²) in [6.07, 6.45) is 7.31. The lowest BCUT2D eigenvalue weighted by molar-refractivity contribution is -0.976. The average Bonchev–Trinajstić information content (AvgIpc) is 2.33. The van der Waals surface area contributed by atoms with Gasteiger partial charge in [-0.2, -0.15) is 0 Å². The van der Waals surface area contributed by atoms with Gasteiger partial charge in [0.15, 0.2) is 0 Å². The van der Waals surface area contributed by atoms with Crippen molar-refractivity contribution in [3.63, 3.8) is 0 Å². The van der Waals surface area contributed by atoms with Crippen molar-refractivity contribution in [2.75, 3.05) is 13.1 Å². The molecule has 16 heavy (non-hydrogen) atoms. The second-order valence-corrected chi connectivity index (χ2v) is 6.75. The van der Waals surface area contributed by atoms with Crippen LogP contribution in [0.25, 0.3) is 0 Å². The third-order valence-corrected chi connectivity index (χ3v) is 5.68. The number of hydrogen-bond donors (Lipinski definition) is 0. The summed E-state index contributed by atoms with van der Waals surface area (Å²) in [5.74, 6) is 1.85. The van der Waals surface area contributed by atoms with Crippen LogP contribution in [-0.4, -0.2) is 29.7 Å². The Morgan fingerprint density at radius 2 is 1.44 bits per heavy atom. The van der Waals surface area contributed by atoms with Crippen molar-refractivity contribution in [1.29, 1.82) is 0 Å². The van der Waals surface area contributed by atoms with Gasteiger partial charge >= 0.3 is 0 Å². The predicted molar refractivity (Wildman–Crippen MR) is 70.3 cm³/mol. The van der Waals surface area contributed by atoms with E-state index < -0.39 is 0 Å². The molecule has 94 valence electrons. The molecular formula is C15H30N+. The zero-order valence-corrected chi connectivity index (χ0v) is 11.7. The maximum absolute atomic E-state index is 2.53. The molecule has 2 aliphatic heterocycles.